The van der Waals surface area contributed by atoms with E-state index in [0.29, 0.717) is 0 Å². The highest BCUT2D eigenvalue weighted by Gasteiger charge is 2.30. The number of ether oxygens (including phenoxy) is 2. The van der Waals surface area contributed by atoms with Gasteiger partial charge < -0.3 is 20.1 Å². The number of hydrogen-bond acceptors (Lipinski definition) is 7. The second-order valence-corrected chi connectivity index (χ2v) is 8.53. The van der Waals surface area contributed by atoms with Gasteiger partial charge in [-0.1, -0.05) is 6.07 Å². The molecule has 1 aliphatic heterocycles. The first kappa shape index (κ1) is 23.4. The average Bonchev–Trinajstić information content (AvgIpc) is 2.64. The van der Waals surface area contributed by atoms with E-state index in [1.54, 1.807) is 27.7 Å². The molecule has 0 saturated heterocycles. The van der Waals surface area contributed by atoms with Crippen LogP contribution in [0.4, 0.5) is 4.79 Å². The molecule has 3 N–H and O–H groups in total. The summed E-state index contributed by atoms with van der Waals surface area (Å²) in [6.45, 7) is 6.35. The summed E-state index contributed by atoms with van der Waals surface area (Å²) in [6, 6.07) is 3.87. The van der Waals surface area contributed by atoms with Crippen LogP contribution in [0.15, 0.2) is 40.4 Å². The van der Waals surface area contributed by atoms with Crippen molar-refractivity contribution in [1.82, 2.24) is 15.4 Å². The fourth-order valence-electron chi connectivity index (χ4n) is 2.78. The Morgan fingerprint density at radius 1 is 1.20 bits per heavy atom. The molecule has 0 bridgehead atoms. The van der Waals surface area contributed by atoms with E-state index in [0.717, 1.165) is 0 Å². The molecule has 1 aromatic rings. The minimum Gasteiger partial charge on any atom is -0.463 e. The van der Waals surface area contributed by atoms with Gasteiger partial charge in [-0.05, 0) is 45.9 Å². The predicted molar refractivity (Wildman–Crippen MR) is 107 cm³/mol. The Morgan fingerprint density at radius 2 is 1.90 bits per heavy atom. The Balaban J connectivity index is 2.21. The quantitative estimate of drug-likeness (QED) is 0.514. The third-order valence-electron chi connectivity index (χ3n) is 3.98. The molecular formula is C19H25N3O7S. The van der Waals surface area contributed by atoms with Crippen molar-refractivity contribution in [2.75, 3.05) is 13.2 Å². The van der Waals surface area contributed by atoms with E-state index >= 15 is 0 Å². The zero-order chi connectivity index (χ0) is 22.5. The van der Waals surface area contributed by atoms with Gasteiger partial charge in [-0.15, -0.1) is 0 Å². The third kappa shape index (κ3) is 5.80. The van der Waals surface area contributed by atoms with E-state index in [-0.39, 0.29) is 34.4 Å². The van der Waals surface area contributed by atoms with Crippen molar-refractivity contribution in [1.29, 1.82) is 0 Å². The highest BCUT2D eigenvalue weighted by atomic mass is 32.2. The summed E-state index contributed by atoms with van der Waals surface area (Å²) in [5, 5.41) is 4.98. The van der Waals surface area contributed by atoms with Crippen molar-refractivity contribution in [3.05, 3.63) is 41.1 Å². The summed E-state index contributed by atoms with van der Waals surface area (Å²) in [6.07, 6.45) is 0. The lowest BCUT2D eigenvalue weighted by atomic mass is 10.0. The van der Waals surface area contributed by atoms with Crippen molar-refractivity contribution in [2.45, 2.75) is 44.7 Å². The van der Waals surface area contributed by atoms with Crippen LogP contribution in [0.5, 0.6) is 0 Å². The van der Waals surface area contributed by atoms with Crippen molar-refractivity contribution in [2.24, 2.45) is 0 Å². The monoisotopic (exact) mass is 439 g/mol. The summed E-state index contributed by atoms with van der Waals surface area (Å²) < 4.78 is 37.2. The van der Waals surface area contributed by atoms with Crippen molar-refractivity contribution >= 4 is 28.0 Å². The summed E-state index contributed by atoms with van der Waals surface area (Å²) >= 11 is 0. The van der Waals surface area contributed by atoms with Crippen LogP contribution in [0, 0.1) is 0 Å². The van der Waals surface area contributed by atoms with E-state index < -0.39 is 40.6 Å². The van der Waals surface area contributed by atoms with Crippen molar-refractivity contribution in [3.63, 3.8) is 0 Å². The Morgan fingerprint density at radius 3 is 2.53 bits per heavy atom. The minimum atomic E-state index is -3.79. The molecule has 2 amide bonds. The Hall–Kier alpha value is -2.92. The van der Waals surface area contributed by atoms with E-state index in [2.05, 4.69) is 15.4 Å². The smallest absolute Gasteiger partial charge is 0.338 e. The fourth-order valence-corrected chi connectivity index (χ4v) is 4.08. The number of carbonyl (C=O) groups is 3. The molecule has 2 rings (SSSR count). The molecule has 10 nitrogen and oxygen atoms in total. The van der Waals surface area contributed by atoms with E-state index in [9.17, 15) is 22.8 Å². The predicted octanol–water partition coefficient (Wildman–Crippen LogP) is 1.05. The number of amides is 2. The number of urea groups is 1. The Labute approximate surface area is 175 Å². The molecule has 0 saturated carbocycles. The van der Waals surface area contributed by atoms with Gasteiger partial charge in [-0.3, -0.25) is 0 Å². The number of nitrogens with one attached hydrogen (secondary N) is 3. The van der Waals surface area contributed by atoms with E-state index in [1.165, 1.54) is 24.3 Å². The van der Waals surface area contributed by atoms with Crippen LogP contribution < -0.4 is 15.4 Å². The van der Waals surface area contributed by atoms with Gasteiger partial charge >= 0.3 is 18.0 Å². The fraction of sp³-hybridized carbons (Fsp3) is 0.421. The molecule has 1 heterocycles. The molecule has 0 aliphatic carbocycles. The lowest BCUT2D eigenvalue weighted by Crippen LogP contribution is -2.50. The average molecular weight is 439 g/mol. The summed E-state index contributed by atoms with van der Waals surface area (Å²) in [7, 11) is -3.79. The van der Waals surface area contributed by atoms with Crippen LogP contribution in [-0.4, -0.2) is 51.7 Å². The molecule has 0 radical (unpaired) electrons. The maximum absolute atomic E-state index is 12.4. The molecule has 164 valence electrons. The third-order valence-corrected chi connectivity index (χ3v) is 5.64. The number of rotatable bonds is 8. The number of sulfonamides is 1. The van der Waals surface area contributed by atoms with E-state index in [1.807, 2.05) is 0 Å². The Kier molecular flexibility index (Phi) is 7.57. The maximum Gasteiger partial charge on any atom is 0.338 e. The van der Waals surface area contributed by atoms with Crippen LogP contribution >= 0.6 is 0 Å². The van der Waals surface area contributed by atoms with Crippen molar-refractivity contribution in [3.8, 4) is 0 Å². The summed E-state index contributed by atoms with van der Waals surface area (Å²) in [4.78, 5) is 36.3. The highest BCUT2D eigenvalue weighted by molar-refractivity contribution is 7.89. The number of esters is 2. The minimum absolute atomic E-state index is 0.00762. The first-order chi connectivity index (χ1) is 14.0. The van der Waals surface area contributed by atoms with Gasteiger partial charge in [0.25, 0.3) is 0 Å². The molecule has 1 atom stereocenters. The standard InChI is InChI=1S/C19H25N3O7S/c1-5-28-18(24)16-12(4)20-19(25)21-15(16)10-29-17(23)13-7-6-8-14(9-13)30(26,27)22-11(2)3/h6-9,11-12,22H,5,10H2,1-4H3,(H2,20,21,25). The highest BCUT2D eigenvalue weighted by Crippen LogP contribution is 2.17. The maximum atomic E-state index is 12.4. The van der Waals surface area contributed by atoms with Gasteiger partial charge in [0.2, 0.25) is 10.0 Å². The second kappa shape index (κ2) is 9.72. The number of carbonyl (C=O) groups excluding carboxylic acids is 3. The molecule has 0 spiro atoms. The summed E-state index contributed by atoms with van der Waals surface area (Å²) in [5.74, 6) is -1.45. The molecular weight excluding hydrogens is 414 g/mol. The molecule has 0 fully saturated rings. The molecule has 1 aromatic carbocycles. The molecule has 1 aliphatic rings. The van der Waals surface area contributed by atoms with Crippen LogP contribution in [0.1, 0.15) is 38.1 Å². The van der Waals surface area contributed by atoms with Crippen LogP contribution in [0.3, 0.4) is 0 Å². The topological polar surface area (TPSA) is 140 Å². The zero-order valence-electron chi connectivity index (χ0n) is 17.1. The Bertz CT molecular complexity index is 970. The number of benzene rings is 1. The van der Waals surface area contributed by atoms with Gasteiger partial charge in [-0.2, -0.15) is 0 Å². The molecule has 30 heavy (non-hydrogen) atoms. The first-order valence-electron chi connectivity index (χ1n) is 9.32. The van der Waals surface area contributed by atoms with Crippen molar-refractivity contribution < 1.29 is 32.3 Å². The van der Waals surface area contributed by atoms with Crippen LogP contribution in [0.25, 0.3) is 0 Å². The molecule has 0 aromatic heterocycles. The molecule has 1 unspecified atom stereocenters. The largest absolute Gasteiger partial charge is 0.463 e. The van der Waals surface area contributed by atoms with Gasteiger partial charge in [-0.25, -0.2) is 27.5 Å². The van der Waals surface area contributed by atoms with Gasteiger partial charge in [0.1, 0.15) is 6.61 Å². The van der Waals surface area contributed by atoms with Crippen LogP contribution in [-0.2, 0) is 24.3 Å². The van der Waals surface area contributed by atoms with Crippen LogP contribution in [0.2, 0.25) is 0 Å². The first-order valence-corrected chi connectivity index (χ1v) is 10.8. The van der Waals surface area contributed by atoms with Gasteiger partial charge in [0.15, 0.2) is 0 Å². The normalized spacial score (nSPS) is 16.7. The SMILES string of the molecule is CCOC(=O)C1=C(COC(=O)c2cccc(S(=O)(=O)NC(C)C)c2)NC(=O)NC1C. The zero-order valence-corrected chi connectivity index (χ0v) is 18.0. The second-order valence-electron chi connectivity index (χ2n) is 6.81. The van der Waals surface area contributed by atoms with Gasteiger partial charge in [0.05, 0.1) is 34.4 Å². The molecule has 11 heteroatoms. The van der Waals surface area contributed by atoms with Gasteiger partial charge in [0, 0.05) is 6.04 Å². The van der Waals surface area contributed by atoms with E-state index in [4.69, 9.17) is 9.47 Å². The lowest BCUT2D eigenvalue weighted by molar-refractivity contribution is -0.139. The number of hydrogen-bond donors (Lipinski definition) is 3. The lowest BCUT2D eigenvalue weighted by Gasteiger charge is -2.26. The summed E-state index contributed by atoms with van der Waals surface area (Å²) in [5.41, 5.74) is 0.248.